The summed E-state index contributed by atoms with van der Waals surface area (Å²) in [4.78, 5) is 40.1. The van der Waals surface area contributed by atoms with Crippen LogP contribution >= 0.6 is 11.8 Å². The molecule has 4 aromatic carbocycles. The van der Waals surface area contributed by atoms with Crippen LogP contribution in [0, 0.1) is 6.92 Å². The standard InChI is InChI=1S/C34H33N3O5S/c1-22-13-16-26(17-14-22)35-32(38)23(2)43-28-12-8-11-27(21-28)36-34(40)29(37-33(39)25-9-6-5-7-10-25)19-24-15-18-30(41-3)31(20-24)42-4/h5-21,23H,1-4H3,(H,35,38)(H,36,40)(H,37,39)/b29-19+. The molecule has 1 unspecified atom stereocenters. The number of thioether (sulfide) groups is 1. The monoisotopic (exact) mass is 595 g/mol. The van der Waals surface area contributed by atoms with E-state index in [4.69, 9.17) is 9.47 Å². The molecule has 0 aliphatic heterocycles. The molecular formula is C34H33N3O5S. The lowest BCUT2D eigenvalue weighted by atomic mass is 10.1. The van der Waals surface area contributed by atoms with E-state index in [1.165, 1.54) is 26.0 Å². The molecule has 0 radical (unpaired) electrons. The van der Waals surface area contributed by atoms with Crippen molar-refractivity contribution in [3.05, 3.63) is 119 Å². The number of anilines is 2. The van der Waals surface area contributed by atoms with Crippen LogP contribution in [0.2, 0.25) is 0 Å². The molecular weight excluding hydrogens is 562 g/mol. The van der Waals surface area contributed by atoms with Crippen molar-refractivity contribution in [2.45, 2.75) is 24.0 Å². The maximum atomic E-state index is 13.5. The number of nitrogens with one attached hydrogen (secondary N) is 3. The Morgan fingerprint density at radius 3 is 2.19 bits per heavy atom. The molecule has 1 atom stereocenters. The lowest BCUT2D eigenvalue weighted by Gasteiger charge is -2.14. The second-order valence-corrected chi connectivity index (χ2v) is 11.0. The third kappa shape index (κ3) is 8.73. The summed E-state index contributed by atoms with van der Waals surface area (Å²) in [6, 6.07) is 28.6. The van der Waals surface area contributed by atoms with E-state index in [9.17, 15) is 14.4 Å². The maximum Gasteiger partial charge on any atom is 0.272 e. The van der Waals surface area contributed by atoms with Gasteiger partial charge in [-0.3, -0.25) is 14.4 Å². The van der Waals surface area contributed by atoms with Crippen molar-refractivity contribution in [3.8, 4) is 11.5 Å². The van der Waals surface area contributed by atoms with Crippen molar-refractivity contribution < 1.29 is 23.9 Å². The van der Waals surface area contributed by atoms with E-state index in [-0.39, 0.29) is 11.6 Å². The molecule has 0 spiro atoms. The van der Waals surface area contributed by atoms with Gasteiger partial charge in [-0.1, -0.05) is 48.0 Å². The van der Waals surface area contributed by atoms with Crippen LogP contribution < -0.4 is 25.4 Å². The summed E-state index contributed by atoms with van der Waals surface area (Å²) in [7, 11) is 3.06. The second-order valence-electron chi connectivity index (χ2n) is 9.59. The van der Waals surface area contributed by atoms with Gasteiger partial charge in [-0.2, -0.15) is 0 Å². The Morgan fingerprint density at radius 2 is 1.49 bits per heavy atom. The molecule has 9 heteroatoms. The lowest BCUT2D eigenvalue weighted by Crippen LogP contribution is -2.30. The van der Waals surface area contributed by atoms with Crippen molar-refractivity contribution >= 4 is 46.9 Å². The minimum atomic E-state index is -0.522. The highest BCUT2D eigenvalue weighted by Gasteiger charge is 2.18. The van der Waals surface area contributed by atoms with E-state index in [0.717, 1.165) is 16.1 Å². The number of rotatable bonds is 11. The number of carbonyl (C=O) groups is 3. The Morgan fingerprint density at radius 1 is 0.767 bits per heavy atom. The lowest BCUT2D eigenvalue weighted by molar-refractivity contribution is -0.115. The highest BCUT2D eigenvalue weighted by atomic mass is 32.2. The Bertz CT molecular complexity index is 1620. The summed E-state index contributed by atoms with van der Waals surface area (Å²) in [5.74, 6) is -0.0654. The number of methoxy groups -OCH3 is 2. The van der Waals surface area contributed by atoms with Gasteiger partial charge in [0.25, 0.3) is 11.8 Å². The van der Waals surface area contributed by atoms with Gasteiger partial charge in [-0.25, -0.2) is 0 Å². The van der Waals surface area contributed by atoms with Crippen molar-refractivity contribution in [3.63, 3.8) is 0 Å². The zero-order chi connectivity index (χ0) is 30.8. The minimum Gasteiger partial charge on any atom is -0.493 e. The first-order valence-electron chi connectivity index (χ1n) is 13.5. The van der Waals surface area contributed by atoms with E-state index >= 15 is 0 Å². The second kappa shape index (κ2) is 14.7. The molecule has 4 rings (SSSR count). The molecule has 3 N–H and O–H groups in total. The van der Waals surface area contributed by atoms with Crippen LogP contribution in [0.25, 0.3) is 6.08 Å². The topological polar surface area (TPSA) is 106 Å². The maximum absolute atomic E-state index is 13.5. The first kappa shape index (κ1) is 30.9. The Labute approximate surface area is 255 Å². The fourth-order valence-corrected chi connectivity index (χ4v) is 4.96. The van der Waals surface area contributed by atoms with Gasteiger partial charge in [-0.15, -0.1) is 11.8 Å². The molecule has 0 heterocycles. The van der Waals surface area contributed by atoms with Gasteiger partial charge in [-0.05, 0) is 80.1 Å². The van der Waals surface area contributed by atoms with Crippen LogP contribution in [0.15, 0.2) is 108 Å². The minimum absolute atomic E-state index is 0.0324. The molecule has 4 aromatic rings. The third-order valence-electron chi connectivity index (χ3n) is 6.34. The van der Waals surface area contributed by atoms with Crippen LogP contribution in [-0.4, -0.2) is 37.2 Å². The van der Waals surface area contributed by atoms with Gasteiger partial charge in [0.2, 0.25) is 5.91 Å². The number of carbonyl (C=O) groups excluding carboxylic acids is 3. The van der Waals surface area contributed by atoms with Crippen LogP contribution in [0.4, 0.5) is 11.4 Å². The Balaban J connectivity index is 1.52. The van der Waals surface area contributed by atoms with E-state index in [1.807, 2.05) is 50.2 Å². The molecule has 0 saturated carbocycles. The number of hydrogen-bond donors (Lipinski definition) is 3. The quantitative estimate of drug-likeness (QED) is 0.134. The SMILES string of the molecule is COc1ccc(/C=C(/NC(=O)c2ccccc2)C(=O)Nc2cccc(SC(C)C(=O)Nc3ccc(C)cc3)c2)cc1OC. The van der Waals surface area contributed by atoms with Gasteiger partial charge in [0.1, 0.15) is 5.70 Å². The van der Waals surface area contributed by atoms with Crippen LogP contribution in [0.5, 0.6) is 11.5 Å². The molecule has 220 valence electrons. The van der Waals surface area contributed by atoms with E-state index in [1.54, 1.807) is 66.7 Å². The number of amides is 3. The number of benzene rings is 4. The van der Waals surface area contributed by atoms with Crippen molar-refractivity contribution in [1.29, 1.82) is 0 Å². The summed E-state index contributed by atoms with van der Waals surface area (Å²) < 4.78 is 10.7. The average molecular weight is 596 g/mol. The predicted molar refractivity (Wildman–Crippen MR) is 172 cm³/mol. The van der Waals surface area contributed by atoms with Crippen LogP contribution in [-0.2, 0) is 9.59 Å². The van der Waals surface area contributed by atoms with E-state index < -0.39 is 17.1 Å². The summed E-state index contributed by atoms with van der Waals surface area (Å²) in [5, 5.41) is 8.14. The normalized spacial score (nSPS) is 11.7. The molecule has 0 aliphatic rings. The van der Waals surface area contributed by atoms with Crippen LogP contribution in [0.3, 0.4) is 0 Å². The van der Waals surface area contributed by atoms with Gasteiger partial charge in [0.05, 0.1) is 19.5 Å². The highest BCUT2D eigenvalue weighted by Crippen LogP contribution is 2.29. The van der Waals surface area contributed by atoms with Gasteiger partial charge < -0.3 is 25.4 Å². The van der Waals surface area contributed by atoms with Crippen molar-refractivity contribution in [2.24, 2.45) is 0 Å². The number of aryl methyl sites for hydroxylation is 1. The third-order valence-corrected chi connectivity index (χ3v) is 7.43. The molecule has 0 aromatic heterocycles. The summed E-state index contributed by atoms with van der Waals surface area (Å²) in [6.45, 7) is 3.81. The highest BCUT2D eigenvalue weighted by molar-refractivity contribution is 8.00. The Kier molecular flexibility index (Phi) is 10.6. The van der Waals surface area contributed by atoms with Gasteiger partial charge in [0, 0.05) is 21.8 Å². The molecule has 43 heavy (non-hydrogen) atoms. The molecule has 0 aliphatic carbocycles. The molecule has 3 amide bonds. The van der Waals surface area contributed by atoms with Crippen molar-refractivity contribution in [1.82, 2.24) is 5.32 Å². The number of hydrogen-bond acceptors (Lipinski definition) is 6. The fraction of sp³-hybridized carbons (Fsp3) is 0.147. The first-order chi connectivity index (χ1) is 20.7. The average Bonchev–Trinajstić information content (AvgIpc) is 3.02. The van der Waals surface area contributed by atoms with Gasteiger partial charge >= 0.3 is 0 Å². The summed E-state index contributed by atoms with van der Waals surface area (Å²) >= 11 is 1.37. The fourth-order valence-electron chi connectivity index (χ4n) is 4.04. The van der Waals surface area contributed by atoms with Crippen molar-refractivity contribution in [2.75, 3.05) is 24.9 Å². The molecule has 8 nitrogen and oxygen atoms in total. The molecule has 0 bridgehead atoms. The zero-order valence-electron chi connectivity index (χ0n) is 24.3. The molecule has 0 fully saturated rings. The van der Waals surface area contributed by atoms with E-state index in [0.29, 0.717) is 28.3 Å². The Hall–Kier alpha value is -5.02. The van der Waals surface area contributed by atoms with Crippen LogP contribution in [0.1, 0.15) is 28.4 Å². The smallest absolute Gasteiger partial charge is 0.272 e. The summed E-state index contributed by atoms with van der Waals surface area (Å²) in [5.41, 5.74) is 3.41. The van der Waals surface area contributed by atoms with E-state index in [2.05, 4.69) is 16.0 Å². The predicted octanol–water partition coefficient (Wildman–Crippen LogP) is 6.54. The zero-order valence-corrected chi connectivity index (χ0v) is 25.2. The summed E-state index contributed by atoms with van der Waals surface area (Å²) in [6.07, 6.45) is 1.56. The molecule has 0 saturated heterocycles. The largest absolute Gasteiger partial charge is 0.493 e. The first-order valence-corrected chi connectivity index (χ1v) is 14.4. The number of ether oxygens (including phenoxy) is 2. The van der Waals surface area contributed by atoms with Gasteiger partial charge in [0.15, 0.2) is 11.5 Å².